The van der Waals surface area contributed by atoms with Gasteiger partial charge in [0.2, 0.25) is 0 Å². The van der Waals surface area contributed by atoms with E-state index in [4.69, 9.17) is 0 Å². The highest BCUT2D eigenvalue weighted by Crippen LogP contribution is 2.25. The lowest BCUT2D eigenvalue weighted by Crippen LogP contribution is -2.28. The summed E-state index contributed by atoms with van der Waals surface area (Å²) < 4.78 is 0. The van der Waals surface area contributed by atoms with Gasteiger partial charge in [0.05, 0.1) is 16.9 Å². The van der Waals surface area contributed by atoms with Gasteiger partial charge < -0.3 is 5.11 Å². The molecule has 27 heavy (non-hydrogen) atoms. The van der Waals surface area contributed by atoms with Crippen LogP contribution < -0.4 is 10.4 Å². The zero-order valence-corrected chi connectivity index (χ0v) is 14.8. The lowest BCUT2D eigenvalue weighted by Gasteiger charge is -2.12. The Labute approximate surface area is 155 Å². The van der Waals surface area contributed by atoms with E-state index < -0.39 is 0 Å². The molecule has 0 unspecified atom stereocenters. The molecule has 3 aromatic rings. The summed E-state index contributed by atoms with van der Waals surface area (Å²) in [5.74, 6) is 0.276. The van der Waals surface area contributed by atoms with Crippen molar-refractivity contribution >= 4 is 39.7 Å². The van der Waals surface area contributed by atoms with Crippen LogP contribution in [-0.2, 0) is 4.79 Å². The number of pyridine rings is 1. The van der Waals surface area contributed by atoms with Crippen molar-refractivity contribution in [2.24, 2.45) is 10.2 Å². The molecule has 1 aromatic heterocycles. The van der Waals surface area contributed by atoms with Crippen LogP contribution in [0.1, 0.15) is 12.5 Å². The summed E-state index contributed by atoms with van der Waals surface area (Å²) in [5.41, 5.74) is 6.01. The largest absolute Gasteiger partial charge is 0.508 e. The molecule has 0 radical (unpaired) electrons. The van der Waals surface area contributed by atoms with E-state index in [-0.39, 0.29) is 17.4 Å². The number of para-hydroxylation sites is 1. The molecule has 0 atom stereocenters. The lowest BCUT2D eigenvalue weighted by molar-refractivity contribution is -0.112. The first kappa shape index (κ1) is 16.7. The molecule has 2 N–H and O–H groups in total. The zero-order chi connectivity index (χ0) is 19.0. The number of phenolic OH excluding ortho intramolecular Hbond substituents is 1. The number of hydrogen-bond acceptors (Lipinski definition) is 6. The Morgan fingerprint density at radius 2 is 1.81 bits per heavy atom. The van der Waals surface area contributed by atoms with Crippen LogP contribution in [-0.4, -0.2) is 27.4 Å². The van der Waals surface area contributed by atoms with Crippen LogP contribution in [0.15, 0.2) is 64.8 Å². The van der Waals surface area contributed by atoms with Crippen molar-refractivity contribution < 1.29 is 9.90 Å². The highest BCUT2D eigenvalue weighted by Gasteiger charge is 2.32. The first-order valence-electron chi connectivity index (χ1n) is 8.42. The van der Waals surface area contributed by atoms with Gasteiger partial charge in [0.25, 0.3) is 0 Å². The second-order valence-corrected chi connectivity index (χ2v) is 6.24. The maximum Gasteiger partial charge on any atom is 0.302 e. The highest BCUT2D eigenvalue weighted by molar-refractivity contribution is 6.71. The normalized spacial score (nSPS) is 15.5. The maximum atomic E-state index is 12.8. The van der Waals surface area contributed by atoms with E-state index >= 15 is 0 Å². The van der Waals surface area contributed by atoms with Gasteiger partial charge in [-0.25, -0.2) is 4.98 Å². The van der Waals surface area contributed by atoms with Crippen LogP contribution in [0.2, 0.25) is 0 Å². The summed E-state index contributed by atoms with van der Waals surface area (Å²) in [4.78, 5) is 17.4. The Morgan fingerprint density at radius 3 is 2.59 bits per heavy atom. The van der Waals surface area contributed by atoms with E-state index in [1.54, 1.807) is 19.1 Å². The molecule has 0 spiro atoms. The van der Waals surface area contributed by atoms with Gasteiger partial charge in [0.1, 0.15) is 5.75 Å². The average molecular weight is 359 g/mol. The first-order chi connectivity index (χ1) is 13.0. The Bertz CT molecular complexity index is 1100. The van der Waals surface area contributed by atoms with Crippen molar-refractivity contribution in [2.45, 2.75) is 13.8 Å². The Morgan fingerprint density at radius 1 is 1.07 bits per heavy atom. The number of carbonyl (C=O) groups excluding carboxylic acids is 1. The van der Waals surface area contributed by atoms with Crippen molar-refractivity contribution in [1.82, 2.24) is 4.98 Å². The smallest absolute Gasteiger partial charge is 0.302 e. The number of carbonyl (C=O) groups is 1. The van der Waals surface area contributed by atoms with Crippen LogP contribution in [0, 0.1) is 6.92 Å². The number of aryl methyl sites for hydroxylation is 1. The maximum absolute atomic E-state index is 12.8. The standard InChI is InChI=1S/C20H17N5O2/c1-12-11-18(21-17-6-4-3-5-16(12)17)25-20(27)19(13(2)24-25)23-22-14-7-9-15(26)10-8-14/h3-11,22,26H,1-2H3/b23-19-. The molecule has 134 valence electrons. The quantitative estimate of drug-likeness (QED) is 0.554. The number of nitrogens with zero attached hydrogens (tertiary/aromatic N) is 4. The van der Waals surface area contributed by atoms with E-state index in [2.05, 4.69) is 20.6 Å². The molecule has 0 aliphatic carbocycles. The Kier molecular flexibility index (Phi) is 4.04. The first-order valence-corrected chi connectivity index (χ1v) is 8.42. The number of fused-ring (bicyclic) bond motifs is 1. The van der Waals surface area contributed by atoms with Gasteiger partial charge in [-0.2, -0.15) is 15.2 Å². The van der Waals surface area contributed by atoms with E-state index in [0.29, 0.717) is 17.2 Å². The van der Waals surface area contributed by atoms with Crippen LogP contribution >= 0.6 is 0 Å². The van der Waals surface area contributed by atoms with Crippen molar-refractivity contribution in [2.75, 3.05) is 10.4 Å². The Balaban J connectivity index is 1.64. The fourth-order valence-corrected chi connectivity index (χ4v) is 2.88. The molecular formula is C20H17N5O2. The SMILES string of the molecule is CC1=NN(c2cc(C)c3ccccc3n2)C(=O)/C1=N\Nc1ccc(O)cc1. The van der Waals surface area contributed by atoms with Crippen molar-refractivity contribution in [3.63, 3.8) is 0 Å². The molecule has 1 amide bonds. The molecule has 1 aliphatic heterocycles. The zero-order valence-electron chi connectivity index (χ0n) is 14.8. The molecule has 2 heterocycles. The number of rotatable bonds is 3. The molecule has 0 bridgehead atoms. The summed E-state index contributed by atoms with van der Waals surface area (Å²) in [6.07, 6.45) is 0. The summed E-state index contributed by atoms with van der Waals surface area (Å²) in [6.45, 7) is 3.70. The number of hydrogen-bond donors (Lipinski definition) is 2. The number of amides is 1. The minimum Gasteiger partial charge on any atom is -0.508 e. The summed E-state index contributed by atoms with van der Waals surface area (Å²) >= 11 is 0. The van der Waals surface area contributed by atoms with Gasteiger partial charge in [-0.1, -0.05) is 18.2 Å². The molecule has 7 nitrogen and oxygen atoms in total. The molecular weight excluding hydrogens is 342 g/mol. The molecule has 2 aromatic carbocycles. The lowest BCUT2D eigenvalue weighted by atomic mass is 10.1. The number of hydrazone groups is 2. The number of phenols is 1. The monoisotopic (exact) mass is 359 g/mol. The highest BCUT2D eigenvalue weighted by atomic mass is 16.3. The van der Waals surface area contributed by atoms with E-state index in [1.165, 1.54) is 17.1 Å². The number of benzene rings is 2. The van der Waals surface area contributed by atoms with Crippen LogP contribution in [0.5, 0.6) is 5.75 Å². The van der Waals surface area contributed by atoms with Crippen LogP contribution in [0.3, 0.4) is 0 Å². The van der Waals surface area contributed by atoms with E-state index in [1.807, 2.05) is 37.3 Å². The minimum absolute atomic E-state index is 0.159. The molecule has 7 heteroatoms. The van der Waals surface area contributed by atoms with Gasteiger partial charge in [-0.05, 0) is 55.8 Å². The third-order valence-electron chi connectivity index (χ3n) is 4.28. The van der Waals surface area contributed by atoms with E-state index in [0.717, 1.165) is 16.5 Å². The third-order valence-corrected chi connectivity index (χ3v) is 4.28. The number of anilines is 2. The predicted octanol–water partition coefficient (Wildman–Crippen LogP) is 3.44. The summed E-state index contributed by atoms with van der Waals surface area (Å²) in [6, 6.07) is 16.0. The van der Waals surface area contributed by atoms with Crippen molar-refractivity contribution in [3.05, 3.63) is 60.2 Å². The molecule has 0 saturated heterocycles. The van der Waals surface area contributed by atoms with Crippen LogP contribution in [0.25, 0.3) is 10.9 Å². The van der Waals surface area contributed by atoms with Gasteiger partial charge in [0, 0.05) is 5.39 Å². The second kappa shape index (κ2) is 6.53. The second-order valence-electron chi connectivity index (χ2n) is 6.24. The summed E-state index contributed by atoms with van der Waals surface area (Å²) in [5, 5.41) is 20.1. The van der Waals surface area contributed by atoms with Gasteiger partial charge in [0.15, 0.2) is 11.5 Å². The molecule has 4 rings (SSSR count). The molecule has 0 saturated carbocycles. The molecule has 0 fully saturated rings. The van der Waals surface area contributed by atoms with Gasteiger partial charge in [-0.15, -0.1) is 0 Å². The fourth-order valence-electron chi connectivity index (χ4n) is 2.88. The van der Waals surface area contributed by atoms with Crippen molar-refractivity contribution in [1.29, 1.82) is 0 Å². The number of nitrogens with one attached hydrogen (secondary N) is 1. The topological polar surface area (TPSA) is 90.2 Å². The predicted molar refractivity (Wildman–Crippen MR) is 106 cm³/mol. The summed E-state index contributed by atoms with van der Waals surface area (Å²) in [7, 11) is 0. The molecule has 1 aliphatic rings. The minimum atomic E-state index is -0.346. The van der Waals surface area contributed by atoms with Gasteiger partial charge in [-0.3, -0.25) is 10.2 Å². The van der Waals surface area contributed by atoms with Crippen LogP contribution in [0.4, 0.5) is 11.5 Å². The fraction of sp³-hybridized carbons (Fsp3) is 0.100. The van der Waals surface area contributed by atoms with Gasteiger partial charge >= 0.3 is 5.91 Å². The van der Waals surface area contributed by atoms with E-state index in [9.17, 15) is 9.90 Å². The third kappa shape index (κ3) is 3.10. The average Bonchev–Trinajstić information content (AvgIpc) is 2.95. The van der Waals surface area contributed by atoms with Crippen molar-refractivity contribution in [3.8, 4) is 5.75 Å². The number of aromatic hydroxyl groups is 1. The number of aromatic nitrogens is 1. The Hall–Kier alpha value is -3.74.